The summed E-state index contributed by atoms with van der Waals surface area (Å²) in [5, 5.41) is 10.9. The van der Waals surface area contributed by atoms with Gasteiger partial charge < -0.3 is 0 Å². The second-order valence-electron chi connectivity index (χ2n) is 5.05. The zero-order valence-electron chi connectivity index (χ0n) is 12.3. The third-order valence-corrected chi connectivity index (χ3v) is 4.54. The van der Waals surface area contributed by atoms with Gasteiger partial charge in [-0.05, 0) is 24.1 Å². The van der Waals surface area contributed by atoms with Gasteiger partial charge in [0.15, 0.2) is 0 Å². The van der Waals surface area contributed by atoms with Gasteiger partial charge in [-0.25, -0.2) is 17.5 Å². The van der Waals surface area contributed by atoms with Crippen molar-refractivity contribution in [3.8, 4) is 0 Å². The van der Waals surface area contributed by atoms with E-state index in [-0.39, 0.29) is 17.8 Å². The first-order valence-electron chi connectivity index (χ1n) is 6.73. The van der Waals surface area contributed by atoms with Gasteiger partial charge in [0.1, 0.15) is 5.82 Å². The topological polar surface area (TPSA) is 89.3 Å². The fourth-order valence-corrected chi connectivity index (χ4v) is 3.15. The first-order chi connectivity index (χ1) is 10.8. The maximum Gasteiger partial charge on any atom is 0.273 e. The molecule has 122 valence electrons. The summed E-state index contributed by atoms with van der Waals surface area (Å²) in [6.45, 7) is 1.53. The lowest BCUT2D eigenvalue weighted by atomic mass is 10.1. The molecule has 1 N–H and O–H groups in total. The second kappa shape index (κ2) is 6.84. The van der Waals surface area contributed by atoms with E-state index in [1.54, 1.807) is 19.1 Å². The number of nitrogens with zero attached hydrogens (tertiary/aromatic N) is 1. The molecule has 0 atom stereocenters. The van der Waals surface area contributed by atoms with Crippen molar-refractivity contribution < 1.29 is 17.7 Å². The number of rotatable bonds is 6. The van der Waals surface area contributed by atoms with Crippen molar-refractivity contribution in [1.29, 1.82) is 0 Å². The van der Waals surface area contributed by atoms with Crippen molar-refractivity contribution in [3.05, 3.63) is 75.1 Å². The van der Waals surface area contributed by atoms with Crippen molar-refractivity contribution in [2.24, 2.45) is 0 Å². The van der Waals surface area contributed by atoms with Crippen LogP contribution in [-0.2, 0) is 22.3 Å². The Morgan fingerprint density at radius 1 is 1.22 bits per heavy atom. The minimum Gasteiger partial charge on any atom is -0.258 e. The van der Waals surface area contributed by atoms with Crippen LogP contribution in [0.25, 0.3) is 0 Å². The van der Waals surface area contributed by atoms with Crippen molar-refractivity contribution >= 4 is 15.7 Å². The quantitative estimate of drug-likeness (QED) is 0.648. The van der Waals surface area contributed by atoms with Crippen molar-refractivity contribution in [1.82, 2.24) is 4.72 Å². The highest BCUT2D eigenvalue weighted by Gasteiger charge is 2.19. The zero-order valence-corrected chi connectivity index (χ0v) is 13.1. The minimum absolute atomic E-state index is 0.0832. The van der Waals surface area contributed by atoms with Crippen LogP contribution in [0.5, 0.6) is 0 Å². The standard InChI is InChI=1S/C15H15FN2O4S/c1-11-6-7-12(8-14(11)16)9-17-23(21,22)10-13-4-2-3-5-15(13)18(19)20/h2-8,17H,9-10H2,1H3. The molecule has 8 heteroatoms. The Balaban J connectivity index is 2.11. The van der Waals surface area contributed by atoms with Gasteiger partial charge in [0, 0.05) is 18.2 Å². The molecule has 0 unspecified atom stereocenters. The Bertz CT molecular complexity index is 837. The normalized spacial score (nSPS) is 11.4. The lowest BCUT2D eigenvalue weighted by Gasteiger charge is -2.08. The molecule has 0 saturated carbocycles. The summed E-state index contributed by atoms with van der Waals surface area (Å²) in [7, 11) is -3.79. The largest absolute Gasteiger partial charge is 0.273 e. The molecular formula is C15H15FN2O4S. The first-order valence-corrected chi connectivity index (χ1v) is 8.38. The molecule has 0 aromatic heterocycles. The second-order valence-corrected chi connectivity index (χ2v) is 6.86. The monoisotopic (exact) mass is 338 g/mol. The van der Waals surface area contributed by atoms with E-state index in [9.17, 15) is 22.9 Å². The van der Waals surface area contributed by atoms with Crippen molar-refractivity contribution in [2.45, 2.75) is 19.2 Å². The number of sulfonamides is 1. The van der Waals surface area contributed by atoms with Gasteiger partial charge >= 0.3 is 0 Å². The maximum atomic E-state index is 13.4. The van der Waals surface area contributed by atoms with Gasteiger partial charge in [-0.2, -0.15) is 0 Å². The van der Waals surface area contributed by atoms with Gasteiger partial charge in [0.25, 0.3) is 5.69 Å². The van der Waals surface area contributed by atoms with Gasteiger partial charge in [0.2, 0.25) is 10.0 Å². The molecule has 0 heterocycles. The van der Waals surface area contributed by atoms with Gasteiger partial charge in [-0.3, -0.25) is 10.1 Å². The van der Waals surface area contributed by atoms with Crippen LogP contribution in [0.1, 0.15) is 16.7 Å². The molecule has 0 amide bonds. The lowest BCUT2D eigenvalue weighted by Crippen LogP contribution is -2.25. The highest BCUT2D eigenvalue weighted by molar-refractivity contribution is 7.88. The number of nitro groups is 1. The summed E-state index contributed by atoms with van der Waals surface area (Å²) in [5.41, 5.74) is 0.787. The Kier molecular flexibility index (Phi) is 5.07. The fraction of sp³-hybridized carbons (Fsp3) is 0.200. The molecule has 2 aromatic rings. The van der Waals surface area contributed by atoms with Crippen LogP contribution in [0.2, 0.25) is 0 Å². The highest BCUT2D eigenvalue weighted by Crippen LogP contribution is 2.20. The van der Waals surface area contributed by atoms with Crippen LogP contribution < -0.4 is 4.72 Å². The number of hydrogen-bond donors (Lipinski definition) is 1. The molecule has 0 aliphatic carbocycles. The van der Waals surface area contributed by atoms with E-state index >= 15 is 0 Å². The third kappa shape index (κ3) is 4.57. The molecule has 0 spiro atoms. The predicted molar refractivity (Wildman–Crippen MR) is 83.7 cm³/mol. The van der Waals surface area contributed by atoms with Crippen LogP contribution in [0.15, 0.2) is 42.5 Å². The molecule has 6 nitrogen and oxygen atoms in total. The Morgan fingerprint density at radius 3 is 2.57 bits per heavy atom. The van der Waals surface area contributed by atoms with Crippen molar-refractivity contribution in [2.75, 3.05) is 0 Å². The van der Waals surface area contributed by atoms with E-state index < -0.39 is 26.5 Å². The molecule has 0 aliphatic heterocycles. The Morgan fingerprint density at radius 2 is 1.91 bits per heavy atom. The number of nitro benzene ring substituents is 1. The smallest absolute Gasteiger partial charge is 0.258 e. The van der Waals surface area contributed by atoms with E-state index in [2.05, 4.69) is 4.72 Å². The summed E-state index contributed by atoms with van der Waals surface area (Å²) >= 11 is 0. The molecule has 0 bridgehead atoms. The third-order valence-electron chi connectivity index (χ3n) is 3.27. The summed E-state index contributed by atoms with van der Waals surface area (Å²) in [6.07, 6.45) is 0. The van der Waals surface area contributed by atoms with Crippen LogP contribution >= 0.6 is 0 Å². The number of benzene rings is 2. The van der Waals surface area contributed by atoms with Crippen LogP contribution in [0, 0.1) is 22.9 Å². The van der Waals surface area contributed by atoms with Crippen molar-refractivity contribution in [3.63, 3.8) is 0 Å². The van der Waals surface area contributed by atoms with E-state index in [0.717, 1.165) is 0 Å². The van der Waals surface area contributed by atoms with E-state index in [1.165, 1.54) is 30.3 Å². The van der Waals surface area contributed by atoms with Crippen LogP contribution in [-0.4, -0.2) is 13.3 Å². The summed E-state index contributed by atoms with van der Waals surface area (Å²) < 4.78 is 39.9. The lowest BCUT2D eigenvalue weighted by molar-refractivity contribution is -0.385. The zero-order chi connectivity index (χ0) is 17.0. The average Bonchev–Trinajstić information content (AvgIpc) is 2.48. The van der Waals surface area contributed by atoms with E-state index in [0.29, 0.717) is 11.1 Å². The summed E-state index contributed by atoms with van der Waals surface area (Å²) in [4.78, 5) is 10.3. The number of hydrogen-bond acceptors (Lipinski definition) is 4. The predicted octanol–water partition coefficient (Wildman–Crippen LogP) is 2.66. The molecule has 0 fully saturated rings. The molecule has 0 radical (unpaired) electrons. The number of aryl methyl sites for hydroxylation is 1. The van der Waals surface area contributed by atoms with Gasteiger partial charge in [-0.1, -0.05) is 30.3 Å². The van der Waals surface area contributed by atoms with Crippen LogP contribution in [0.3, 0.4) is 0 Å². The van der Waals surface area contributed by atoms with E-state index in [4.69, 9.17) is 0 Å². The van der Waals surface area contributed by atoms with Crippen LogP contribution in [0.4, 0.5) is 10.1 Å². The number of halogens is 1. The Hall–Kier alpha value is -2.32. The summed E-state index contributed by atoms with van der Waals surface area (Å²) in [6, 6.07) is 10.1. The first kappa shape index (κ1) is 17.0. The fourth-order valence-electron chi connectivity index (χ4n) is 2.01. The van der Waals surface area contributed by atoms with E-state index in [1.807, 2.05) is 0 Å². The molecule has 23 heavy (non-hydrogen) atoms. The minimum atomic E-state index is -3.79. The highest BCUT2D eigenvalue weighted by atomic mass is 32.2. The van der Waals surface area contributed by atoms with Gasteiger partial charge in [0.05, 0.1) is 10.7 Å². The molecular weight excluding hydrogens is 323 g/mol. The average molecular weight is 338 g/mol. The van der Waals surface area contributed by atoms with Gasteiger partial charge in [-0.15, -0.1) is 0 Å². The number of nitrogens with one attached hydrogen (secondary N) is 1. The molecule has 2 rings (SSSR count). The molecule has 0 aliphatic rings. The maximum absolute atomic E-state index is 13.4. The number of para-hydroxylation sites is 1. The summed E-state index contributed by atoms with van der Waals surface area (Å²) in [5.74, 6) is -0.932. The molecule has 0 saturated heterocycles. The SMILES string of the molecule is Cc1ccc(CNS(=O)(=O)Cc2ccccc2[N+](=O)[O-])cc1F. The molecule has 2 aromatic carbocycles. The Labute approximate surface area is 133 Å².